The summed E-state index contributed by atoms with van der Waals surface area (Å²) in [5, 5.41) is 8.49. The number of hydrogen-bond donors (Lipinski definition) is 2. The monoisotopic (exact) mass is 346 g/mol. The van der Waals surface area contributed by atoms with Gasteiger partial charge in [-0.1, -0.05) is 41.7 Å². The fourth-order valence-electron chi connectivity index (χ4n) is 2.09. The first-order valence-electron chi connectivity index (χ1n) is 6.73. The summed E-state index contributed by atoms with van der Waals surface area (Å²) in [6.45, 7) is 1.76. The molecular weight excluding hydrogens is 332 g/mol. The minimum absolute atomic E-state index is 0.156. The standard InChI is InChI=1S/C15H14N4O2S2/c1-10-17-18-15(22-10)19-23(20,21)12-8-6-11(7-9-12)13-4-2-3-5-14(13)16/h2-9H,16H2,1H3,(H,18,19). The number of nitrogens with zero attached hydrogens (tertiary/aromatic N) is 2. The summed E-state index contributed by atoms with van der Waals surface area (Å²) in [6, 6.07) is 14.0. The molecule has 0 saturated heterocycles. The van der Waals surface area contributed by atoms with E-state index >= 15 is 0 Å². The van der Waals surface area contributed by atoms with E-state index in [2.05, 4.69) is 14.9 Å². The lowest BCUT2D eigenvalue weighted by molar-refractivity contribution is 0.601. The van der Waals surface area contributed by atoms with Crippen molar-refractivity contribution in [3.05, 3.63) is 53.5 Å². The molecule has 0 fully saturated rings. The van der Waals surface area contributed by atoms with Crippen LogP contribution in [0.15, 0.2) is 53.4 Å². The van der Waals surface area contributed by atoms with Crippen molar-refractivity contribution in [2.75, 3.05) is 10.5 Å². The molecule has 0 aliphatic rings. The number of sulfonamides is 1. The van der Waals surface area contributed by atoms with Gasteiger partial charge in [0.2, 0.25) is 5.13 Å². The van der Waals surface area contributed by atoms with E-state index in [1.54, 1.807) is 25.1 Å². The molecule has 0 bridgehead atoms. The number of nitrogens with one attached hydrogen (secondary N) is 1. The second-order valence-electron chi connectivity index (χ2n) is 4.84. The number of hydrogen-bond acceptors (Lipinski definition) is 6. The number of benzene rings is 2. The molecule has 3 rings (SSSR count). The summed E-state index contributed by atoms with van der Waals surface area (Å²) in [6.07, 6.45) is 0. The zero-order valence-corrected chi connectivity index (χ0v) is 13.9. The Labute approximate surface area is 138 Å². The van der Waals surface area contributed by atoms with Crippen molar-refractivity contribution >= 4 is 32.2 Å². The first-order chi connectivity index (χ1) is 11.0. The van der Waals surface area contributed by atoms with Crippen LogP contribution in [0.2, 0.25) is 0 Å². The summed E-state index contributed by atoms with van der Waals surface area (Å²) in [4.78, 5) is 0.156. The van der Waals surface area contributed by atoms with Crippen LogP contribution in [0.5, 0.6) is 0 Å². The molecule has 3 N–H and O–H groups in total. The van der Waals surface area contributed by atoms with Gasteiger partial charge in [-0.05, 0) is 30.7 Å². The van der Waals surface area contributed by atoms with Crippen molar-refractivity contribution in [1.82, 2.24) is 10.2 Å². The fourth-order valence-corrected chi connectivity index (χ4v) is 3.91. The maximum atomic E-state index is 12.3. The Morgan fingerprint density at radius 3 is 2.35 bits per heavy atom. The second kappa shape index (κ2) is 5.98. The smallest absolute Gasteiger partial charge is 0.263 e. The molecule has 0 saturated carbocycles. The minimum atomic E-state index is -3.68. The molecular formula is C15H14N4O2S2. The van der Waals surface area contributed by atoms with E-state index in [1.165, 1.54) is 23.5 Å². The number of rotatable bonds is 4. The Bertz CT molecular complexity index is 934. The Kier molecular flexibility index (Phi) is 4.01. The van der Waals surface area contributed by atoms with Crippen LogP contribution in [0, 0.1) is 6.92 Å². The summed E-state index contributed by atoms with van der Waals surface area (Å²) >= 11 is 1.18. The number of aromatic nitrogens is 2. The van der Waals surface area contributed by atoms with Gasteiger partial charge in [0.1, 0.15) is 5.01 Å². The van der Waals surface area contributed by atoms with Gasteiger partial charge in [-0.25, -0.2) is 8.42 Å². The molecule has 23 heavy (non-hydrogen) atoms. The van der Waals surface area contributed by atoms with Crippen LogP contribution in [0.4, 0.5) is 10.8 Å². The maximum absolute atomic E-state index is 12.3. The molecule has 0 unspecified atom stereocenters. The molecule has 118 valence electrons. The van der Waals surface area contributed by atoms with E-state index in [-0.39, 0.29) is 10.0 Å². The topological polar surface area (TPSA) is 98.0 Å². The summed E-state index contributed by atoms with van der Waals surface area (Å²) < 4.78 is 27.1. The van der Waals surface area contributed by atoms with Gasteiger partial charge in [0.25, 0.3) is 10.0 Å². The number of nitrogens with two attached hydrogens (primary N) is 1. The maximum Gasteiger partial charge on any atom is 0.263 e. The molecule has 0 radical (unpaired) electrons. The SMILES string of the molecule is Cc1nnc(NS(=O)(=O)c2ccc(-c3ccccc3N)cc2)s1. The van der Waals surface area contributed by atoms with Gasteiger partial charge >= 0.3 is 0 Å². The summed E-state index contributed by atoms with van der Waals surface area (Å²) in [5.41, 5.74) is 8.30. The molecule has 8 heteroatoms. The fraction of sp³-hybridized carbons (Fsp3) is 0.0667. The van der Waals surface area contributed by atoms with Crippen LogP contribution in [0.1, 0.15) is 5.01 Å². The van der Waals surface area contributed by atoms with Crippen molar-refractivity contribution in [3.8, 4) is 11.1 Å². The number of nitrogen functional groups attached to an aromatic ring is 1. The average molecular weight is 346 g/mol. The van der Waals surface area contributed by atoms with E-state index in [4.69, 9.17) is 5.73 Å². The molecule has 0 spiro atoms. The number of para-hydroxylation sites is 1. The van der Waals surface area contributed by atoms with Crippen LogP contribution in [-0.2, 0) is 10.0 Å². The van der Waals surface area contributed by atoms with Crippen LogP contribution in [0.25, 0.3) is 11.1 Å². The van der Waals surface area contributed by atoms with Gasteiger partial charge in [0, 0.05) is 11.3 Å². The van der Waals surface area contributed by atoms with E-state index in [0.29, 0.717) is 10.7 Å². The molecule has 0 amide bonds. The van der Waals surface area contributed by atoms with E-state index in [1.807, 2.05) is 18.2 Å². The number of anilines is 2. The average Bonchev–Trinajstić information content (AvgIpc) is 2.92. The van der Waals surface area contributed by atoms with Gasteiger partial charge in [0.15, 0.2) is 0 Å². The van der Waals surface area contributed by atoms with E-state index in [0.717, 1.165) is 11.1 Å². The third kappa shape index (κ3) is 3.33. The second-order valence-corrected chi connectivity index (χ2v) is 7.71. The molecule has 0 aliphatic heterocycles. The highest BCUT2D eigenvalue weighted by Crippen LogP contribution is 2.27. The van der Waals surface area contributed by atoms with Crippen LogP contribution >= 0.6 is 11.3 Å². The molecule has 3 aromatic rings. The minimum Gasteiger partial charge on any atom is -0.398 e. The largest absolute Gasteiger partial charge is 0.398 e. The zero-order valence-electron chi connectivity index (χ0n) is 12.2. The molecule has 0 aliphatic carbocycles. The Balaban J connectivity index is 1.88. The highest BCUT2D eigenvalue weighted by molar-refractivity contribution is 7.93. The molecule has 1 heterocycles. The van der Waals surface area contributed by atoms with Gasteiger partial charge in [-0.15, -0.1) is 10.2 Å². The Hall–Kier alpha value is -2.45. The van der Waals surface area contributed by atoms with E-state index < -0.39 is 10.0 Å². The van der Waals surface area contributed by atoms with Crippen molar-refractivity contribution < 1.29 is 8.42 Å². The Morgan fingerprint density at radius 1 is 1.04 bits per heavy atom. The van der Waals surface area contributed by atoms with Crippen molar-refractivity contribution in [1.29, 1.82) is 0 Å². The molecule has 0 atom stereocenters. The van der Waals surface area contributed by atoms with Crippen LogP contribution in [-0.4, -0.2) is 18.6 Å². The molecule has 2 aromatic carbocycles. The van der Waals surface area contributed by atoms with Gasteiger partial charge < -0.3 is 5.73 Å². The zero-order chi connectivity index (χ0) is 16.4. The first-order valence-corrected chi connectivity index (χ1v) is 9.03. The lowest BCUT2D eigenvalue weighted by atomic mass is 10.0. The third-order valence-electron chi connectivity index (χ3n) is 3.18. The third-order valence-corrected chi connectivity index (χ3v) is 5.42. The quantitative estimate of drug-likeness (QED) is 0.708. The Morgan fingerprint density at radius 2 is 1.74 bits per heavy atom. The highest BCUT2D eigenvalue weighted by Gasteiger charge is 2.16. The van der Waals surface area contributed by atoms with Gasteiger partial charge in [0.05, 0.1) is 4.90 Å². The van der Waals surface area contributed by atoms with E-state index in [9.17, 15) is 8.42 Å². The van der Waals surface area contributed by atoms with Crippen molar-refractivity contribution in [3.63, 3.8) is 0 Å². The lowest BCUT2D eigenvalue weighted by Crippen LogP contribution is -2.12. The summed E-state index contributed by atoms with van der Waals surface area (Å²) in [7, 11) is -3.68. The number of aryl methyl sites for hydroxylation is 1. The predicted molar refractivity (Wildman–Crippen MR) is 91.7 cm³/mol. The van der Waals surface area contributed by atoms with Gasteiger partial charge in [-0.3, -0.25) is 4.72 Å². The molecule has 6 nitrogen and oxygen atoms in total. The van der Waals surface area contributed by atoms with Crippen molar-refractivity contribution in [2.45, 2.75) is 11.8 Å². The first kappa shape index (κ1) is 15.4. The molecule has 1 aromatic heterocycles. The van der Waals surface area contributed by atoms with Crippen molar-refractivity contribution in [2.24, 2.45) is 0 Å². The van der Waals surface area contributed by atoms with Crippen LogP contribution < -0.4 is 10.5 Å². The van der Waals surface area contributed by atoms with Gasteiger partial charge in [-0.2, -0.15) is 0 Å². The normalized spacial score (nSPS) is 11.3. The van der Waals surface area contributed by atoms with Crippen LogP contribution in [0.3, 0.4) is 0 Å². The predicted octanol–water partition coefficient (Wildman–Crippen LogP) is 2.90. The lowest BCUT2D eigenvalue weighted by Gasteiger charge is -2.08. The summed E-state index contributed by atoms with van der Waals surface area (Å²) in [5.74, 6) is 0. The highest BCUT2D eigenvalue weighted by atomic mass is 32.2.